The molecule has 3 nitrogen and oxygen atoms in total. The van der Waals surface area contributed by atoms with Crippen LogP contribution in [0.25, 0.3) is 5.65 Å². The number of hydrogen-bond acceptors (Lipinski definition) is 2. The second-order valence-electron chi connectivity index (χ2n) is 3.38. The van der Waals surface area contributed by atoms with Gasteiger partial charge in [-0.1, -0.05) is 19.9 Å². The molecule has 2 rings (SSSR count). The SMILES string of the molecule is CC.CC(=O)CCc1cnc2ccccn12. The number of carbonyl (C=O) groups excluding carboxylic acids is 1. The molecule has 0 unspecified atom stereocenters. The number of hydrogen-bond donors (Lipinski definition) is 0. The van der Waals surface area contributed by atoms with Crippen molar-refractivity contribution in [3.05, 3.63) is 36.3 Å². The first kappa shape index (κ1) is 12.4. The molecular formula is C13H18N2O. The third-order valence-electron chi connectivity index (χ3n) is 2.23. The molecule has 0 saturated carbocycles. The average molecular weight is 218 g/mol. The van der Waals surface area contributed by atoms with Crippen molar-refractivity contribution in [2.75, 3.05) is 0 Å². The van der Waals surface area contributed by atoms with E-state index in [0.29, 0.717) is 6.42 Å². The second-order valence-corrected chi connectivity index (χ2v) is 3.38. The summed E-state index contributed by atoms with van der Waals surface area (Å²) in [4.78, 5) is 15.1. The van der Waals surface area contributed by atoms with Gasteiger partial charge in [-0.3, -0.25) is 0 Å². The van der Waals surface area contributed by atoms with Crippen LogP contribution in [0.5, 0.6) is 0 Å². The van der Waals surface area contributed by atoms with E-state index in [0.717, 1.165) is 17.8 Å². The molecule has 86 valence electrons. The van der Waals surface area contributed by atoms with E-state index in [1.807, 2.05) is 48.8 Å². The molecule has 0 aliphatic carbocycles. The molecule has 16 heavy (non-hydrogen) atoms. The number of ketones is 1. The molecule has 3 heteroatoms. The number of Topliss-reactive ketones (excluding diaryl/α,β-unsaturated/α-hetero) is 1. The highest BCUT2D eigenvalue weighted by Crippen LogP contribution is 2.08. The summed E-state index contributed by atoms with van der Waals surface area (Å²) in [6.07, 6.45) is 5.15. The minimum atomic E-state index is 0.218. The fourth-order valence-electron chi connectivity index (χ4n) is 1.47. The van der Waals surface area contributed by atoms with Crippen LogP contribution < -0.4 is 0 Å². The van der Waals surface area contributed by atoms with Crippen molar-refractivity contribution in [2.24, 2.45) is 0 Å². The first-order valence-corrected chi connectivity index (χ1v) is 5.68. The van der Waals surface area contributed by atoms with Gasteiger partial charge in [0.2, 0.25) is 0 Å². The minimum Gasteiger partial charge on any atom is -0.304 e. The van der Waals surface area contributed by atoms with Crippen LogP contribution >= 0.6 is 0 Å². The lowest BCUT2D eigenvalue weighted by atomic mass is 10.2. The highest BCUT2D eigenvalue weighted by Gasteiger charge is 2.02. The number of aryl methyl sites for hydroxylation is 1. The van der Waals surface area contributed by atoms with E-state index < -0.39 is 0 Å². The van der Waals surface area contributed by atoms with Gasteiger partial charge in [-0.05, 0) is 25.5 Å². The molecule has 0 bridgehead atoms. The van der Waals surface area contributed by atoms with Gasteiger partial charge in [0.15, 0.2) is 0 Å². The van der Waals surface area contributed by atoms with Crippen molar-refractivity contribution in [2.45, 2.75) is 33.6 Å². The van der Waals surface area contributed by atoms with E-state index in [4.69, 9.17) is 0 Å². The summed E-state index contributed by atoms with van der Waals surface area (Å²) in [5, 5.41) is 0. The summed E-state index contributed by atoms with van der Waals surface area (Å²) in [5.74, 6) is 0.218. The molecule has 2 aromatic heterocycles. The Balaban J connectivity index is 0.000000606. The first-order chi connectivity index (χ1) is 7.77. The van der Waals surface area contributed by atoms with E-state index >= 15 is 0 Å². The Bertz CT molecular complexity index is 460. The second kappa shape index (κ2) is 6.05. The molecule has 0 atom stereocenters. The van der Waals surface area contributed by atoms with Gasteiger partial charge in [0.05, 0.1) is 0 Å². The number of pyridine rings is 1. The zero-order valence-electron chi connectivity index (χ0n) is 10.1. The number of nitrogens with zero attached hydrogens (tertiary/aromatic N) is 2. The zero-order chi connectivity index (χ0) is 12.0. The van der Waals surface area contributed by atoms with Crippen molar-refractivity contribution in [3.63, 3.8) is 0 Å². The maximum absolute atomic E-state index is 10.8. The Morgan fingerprint density at radius 2 is 2.12 bits per heavy atom. The topological polar surface area (TPSA) is 34.4 Å². The van der Waals surface area contributed by atoms with E-state index in [1.165, 1.54) is 0 Å². The Kier molecular flexibility index (Phi) is 4.70. The fraction of sp³-hybridized carbons (Fsp3) is 0.385. The predicted octanol–water partition coefficient (Wildman–Crippen LogP) is 2.88. The number of carbonyl (C=O) groups is 1. The largest absolute Gasteiger partial charge is 0.304 e. The van der Waals surface area contributed by atoms with Crippen LogP contribution in [0, 0.1) is 0 Å². The lowest BCUT2D eigenvalue weighted by Crippen LogP contribution is -1.97. The Morgan fingerprint density at radius 1 is 1.38 bits per heavy atom. The van der Waals surface area contributed by atoms with Crippen LogP contribution in [-0.2, 0) is 11.2 Å². The van der Waals surface area contributed by atoms with E-state index in [9.17, 15) is 4.79 Å². The first-order valence-electron chi connectivity index (χ1n) is 5.68. The lowest BCUT2D eigenvalue weighted by Gasteiger charge is -1.98. The van der Waals surface area contributed by atoms with Crippen molar-refractivity contribution in [1.29, 1.82) is 0 Å². The molecule has 0 spiro atoms. The van der Waals surface area contributed by atoms with Gasteiger partial charge in [-0.15, -0.1) is 0 Å². The van der Waals surface area contributed by atoms with Gasteiger partial charge in [0, 0.05) is 24.5 Å². The molecule has 0 saturated heterocycles. The maximum Gasteiger partial charge on any atom is 0.136 e. The van der Waals surface area contributed by atoms with Gasteiger partial charge >= 0.3 is 0 Å². The third kappa shape index (κ3) is 2.92. The van der Waals surface area contributed by atoms with Gasteiger partial charge < -0.3 is 9.20 Å². The van der Waals surface area contributed by atoms with Gasteiger partial charge in [-0.25, -0.2) is 4.98 Å². The standard InChI is InChI=1S/C11H12N2O.C2H6/c1-9(14)5-6-10-8-12-11-4-2-3-7-13(10)11;1-2/h2-4,7-8H,5-6H2,1H3;1-2H3. The number of aromatic nitrogens is 2. The fourth-order valence-corrected chi connectivity index (χ4v) is 1.47. The van der Waals surface area contributed by atoms with Gasteiger partial charge in [0.1, 0.15) is 11.4 Å². The Morgan fingerprint density at radius 3 is 2.81 bits per heavy atom. The molecule has 0 aliphatic heterocycles. The lowest BCUT2D eigenvalue weighted by molar-refractivity contribution is -0.116. The van der Waals surface area contributed by atoms with Crippen LogP contribution in [0.2, 0.25) is 0 Å². The summed E-state index contributed by atoms with van der Waals surface area (Å²) in [7, 11) is 0. The van der Waals surface area contributed by atoms with Crippen LogP contribution in [-0.4, -0.2) is 15.2 Å². The van der Waals surface area contributed by atoms with Crippen LogP contribution in [0.3, 0.4) is 0 Å². The van der Waals surface area contributed by atoms with Crippen LogP contribution in [0.4, 0.5) is 0 Å². The summed E-state index contributed by atoms with van der Waals surface area (Å²) in [5.41, 5.74) is 2.03. The predicted molar refractivity (Wildman–Crippen MR) is 65.5 cm³/mol. The number of fused-ring (bicyclic) bond motifs is 1. The van der Waals surface area contributed by atoms with Crippen LogP contribution in [0.1, 0.15) is 32.9 Å². The molecule has 0 fully saturated rings. The third-order valence-corrected chi connectivity index (χ3v) is 2.23. The van der Waals surface area contributed by atoms with Crippen molar-refractivity contribution in [1.82, 2.24) is 9.38 Å². The number of rotatable bonds is 3. The summed E-state index contributed by atoms with van der Waals surface area (Å²) < 4.78 is 2.02. The van der Waals surface area contributed by atoms with E-state index in [1.54, 1.807) is 6.92 Å². The maximum atomic E-state index is 10.8. The van der Waals surface area contributed by atoms with Crippen LogP contribution in [0.15, 0.2) is 30.6 Å². The molecule has 0 aromatic carbocycles. The molecule has 2 heterocycles. The van der Waals surface area contributed by atoms with Gasteiger partial charge in [-0.2, -0.15) is 0 Å². The normalized spacial score (nSPS) is 9.69. The molecular weight excluding hydrogens is 200 g/mol. The van der Waals surface area contributed by atoms with E-state index in [-0.39, 0.29) is 5.78 Å². The van der Waals surface area contributed by atoms with Gasteiger partial charge in [0.25, 0.3) is 0 Å². The monoisotopic (exact) mass is 218 g/mol. The molecule has 2 aromatic rings. The van der Waals surface area contributed by atoms with Crippen molar-refractivity contribution >= 4 is 11.4 Å². The zero-order valence-corrected chi connectivity index (χ0v) is 10.1. The summed E-state index contributed by atoms with van der Waals surface area (Å²) >= 11 is 0. The molecule has 0 radical (unpaired) electrons. The molecule has 0 amide bonds. The van der Waals surface area contributed by atoms with Crippen molar-refractivity contribution < 1.29 is 4.79 Å². The van der Waals surface area contributed by atoms with Crippen molar-refractivity contribution in [3.8, 4) is 0 Å². The van der Waals surface area contributed by atoms with E-state index in [2.05, 4.69) is 4.98 Å². The molecule has 0 N–H and O–H groups in total. The smallest absolute Gasteiger partial charge is 0.136 e. The highest BCUT2D eigenvalue weighted by molar-refractivity contribution is 5.75. The molecule has 0 aliphatic rings. The summed E-state index contributed by atoms with van der Waals surface area (Å²) in [6.45, 7) is 5.61. The summed E-state index contributed by atoms with van der Waals surface area (Å²) in [6, 6.07) is 5.88. The quantitative estimate of drug-likeness (QED) is 0.793. The number of imidazole rings is 1. The Hall–Kier alpha value is -1.64. The Labute approximate surface area is 96.1 Å². The average Bonchev–Trinajstić information content (AvgIpc) is 2.72. The highest BCUT2D eigenvalue weighted by atomic mass is 16.1. The minimum absolute atomic E-state index is 0.218.